The zero-order valence-corrected chi connectivity index (χ0v) is 22.5. The molecule has 3 aromatic rings. The highest BCUT2D eigenvalue weighted by Crippen LogP contribution is 2.42. The average Bonchev–Trinajstić information content (AvgIpc) is 3.62. The summed E-state index contributed by atoms with van der Waals surface area (Å²) < 4.78 is 0. The third kappa shape index (κ3) is 4.72. The molecule has 1 saturated carbocycles. The second-order valence-corrected chi connectivity index (χ2v) is 10.9. The van der Waals surface area contributed by atoms with Gasteiger partial charge in [0, 0.05) is 23.3 Å². The minimum absolute atomic E-state index is 0.244. The van der Waals surface area contributed by atoms with Crippen LogP contribution >= 0.6 is 11.6 Å². The van der Waals surface area contributed by atoms with Crippen molar-refractivity contribution in [2.24, 2.45) is 0 Å². The second-order valence-electron chi connectivity index (χ2n) is 10.5. The summed E-state index contributed by atoms with van der Waals surface area (Å²) in [4.78, 5) is 26.4. The standard InChI is InChI=1S/C30H33ClN2O3/c1-18-16-23(10-11-25(18)31)29(4,5)32-24-9-7-8-21(17-24)22-14-19(2)26(20(3)15-22)27(34)33(6)30(12-13-30)28(35)36/h7-11,14-17,32H,12-13H2,1-6H3,(H,35,36). The molecule has 188 valence electrons. The molecular weight excluding hydrogens is 472 g/mol. The monoisotopic (exact) mass is 504 g/mol. The summed E-state index contributed by atoms with van der Waals surface area (Å²) in [6, 6.07) is 18.3. The van der Waals surface area contributed by atoms with E-state index in [1.165, 1.54) is 4.90 Å². The van der Waals surface area contributed by atoms with Crippen LogP contribution in [0.4, 0.5) is 5.69 Å². The number of benzene rings is 3. The minimum atomic E-state index is -1.07. The molecule has 1 fully saturated rings. The molecule has 1 amide bonds. The molecular formula is C30H33ClN2O3. The molecule has 0 spiro atoms. The molecule has 4 rings (SSSR count). The number of nitrogens with zero attached hydrogens (tertiary/aromatic N) is 1. The van der Waals surface area contributed by atoms with Gasteiger partial charge in [0.2, 0.25) is 0 Å². The Morgan fingerprint density at radius 1 is 0.944 bits per heavy atom. The van der Waals surface area contributed by atoms with E-state index in [1.54, 1.807) is 7.05 Å². The van der Waals surface area contributed by atoms with Crippen LogP contribution in [-0.2, 0) is 10.3 Å². The Balaban J connectivity index is 1.61. The zero-order valence-electron chi connectivity index (χ0n) is 21.7. The third-order valence-corrected chi connectivity index (χ3v) is 7.77. The number of rotatable bonds is 7. The number of hydrogen-bond acceptors (Lipinski definition) is 3. The van der Waals surface area contributed by atoms with Gasteiger partial charge in [-0.05, 0) is 99.0 Å². The summed E-state index contributed by atoms with van der Waals surface area (Å²) in [5.41, 5.74) is 6.06. The van der Waals surface area contributed by atoms with Gasteiger partial charge in [0.25, 0.3) is 5.91 Å². The van der Waals surface area contributed by atoms with Crippen molar-refractivity contribution in [1.29, 1.82) is 0 Å². The number of hydrogen-bond donors (Lipinski definition) is 2. The van der Waals surface area contributed by atoms with Gasteiger partial charge in [0.1, 0.15) is 5.54 Å². The molecule has 36 heavy (non-hydrogen) atoms. The lowest BCUT2D eigenvalue weighted by molar-refractivity contribution is -0.143. The first-order valence-corrected chi connectivity index (χ1v) is 12.5. The fourth-order valence-corrected chi connectivity index (χ4v) is 5.00. The van der Waals surface area contributed by atoms with Gasteiger partial charge in [-0.15, -0.1) is 0 Å². The first kappa shape index (κ1) is 25.8. The van der Waals surface area contributed by atoms with E-state index in [0.29, 0.717) is 18.4 Å². The van der Waals surface area contributed by atoms with Gasteiger partial charge in [-0.2, -0.15) is 0 Å². The van der Waals surface area contributed by atoms with Crippen LogP contribution in [0.1, 0.15) is 59.3 Å². The Hall–Kier alpha value is -3.31. The molecule has 0 atom stereocenters. The number of carbonyl (C=O) groups excluding carboxylic acids is 1. The lowest BCUT2D eigenvalue weighted by Crippen LogP contribution is -2.45. The maximum absolute atomic E-state index is 13.3. The van der Waals surface area contributed by atoms with Crippen LogP contribution in [0.2, 0.25) is 5.02 Å². The summed E-state index contributed by atoms with van der Waals surface area (Å²) in [6.07, 6.45) is 0.985. The molecule has 0 aromatic heterocycles. The van der Waals surface area contributed by atoms with Crippen molar-refractivity contribution in [1.82, 2.24) is 4.90 Å². The van der Waals surface area contributed by atoms with Gasteiger partial charge in [-0.1, -0.05) is 48.0 Å². The number of halogens is 1. The van der Waals surface area contributed by atoms with Gasteiger partial charge in [-0.3, -0.25) is 4.79 Å². The number of amides is 1. The van der Waals surface area contributed by atoms with Crippen molar-refractivity contribution in [3.8, 4) is 11.1 Å². The molecule has 0 unspecified atom stereocenters. The summed E-state index contributed by atoms with van der Waals surface area (Å²) in [6.45, 7) is 10.1. The Labute approximate surface area is 218 Å². The highest BCUT2D eigenvalue weighted by atomic mass is 35.5. The van der Waals surface area contributed by atoms with Gasteiger partial charge in [0.15, 0.2) is 0 Å². The predicted octanol–water partition coefficient (Wildman–Crippen LogP) is 6.97. The third-order valence-electron chi connectivity index (χ3n) is 7.35. The first-order valence-electron chi connectivity index (χ1n) is 12.1. The number of aryl methyl sites for hydroxylation is 3. The van der Waals surface area contributed by atoms with Crippen LogP contribution in [0.5, 0.6) is 0 Å². The number of carbonyl (C=O) groups is 2. The Morgan fingerprint density at radius 3 is 2.14 bits per heavy atom. The van der Waals surface area contributed by atoms with E-state index in [4.69, 9.17) is 11.6 Å². The molecule has 0 bridgehead atoms. The number of likely N-dealkylation sites (N-methyl/N-ethyl adjacent to an activating group) is 1. The molecule has 1 aliphatic rings. The van der Waals surface area contributed by atoms with Gasteiger partial charge in [0.05, 0.1) is 5.54 Å². The molecule has 6 heteroatoms. The molecule has 0 saturated heterocycles. The van der Waals surface area contributed by atoms with Crippen molar-refractivity contribution in [2.45, 2.75) is 58.5 Å². The number of nitrogens with one attached hydrogen (secondary N) is 1. The molecule has 3 aromatic carbocycles. The molecule has 2 N–H and O–H groups in total. The van der Waals surface area contributed by atoms with Crippen molar-refractivity contribution < 1.29 is 14.7 Å². The molecule has 1 aliphatic carbocycles. The van der Waals surface area contributed by atoms with E-state index in [2.05, 4.69) is 37.4 Å². The highest BCUT2D eigenvalue weighted by molar-refractivity contribution is 6.31. The maximum Gasteiger partial charge on any atom is 0.329 e. The van der Waals surface area contributed by atoms with Crippen LogP contribution in [0.15, 0.2) is 54.6 Å². The lowest BCUT2D eigenvalue weighted by Gasteiger charge is -2.29. The highest BCUT2D eigenvalue weighted by Gasteiger charge is 2.55. The van der Waals surface area contributed by atoms with E-state index in [9.17, 15) is 14.7 Å². The summed E-state index contributed by atoms with van der Waals surface area (Å²) in [5.74, 6) is -1.18. The van der Waals surface area contributed by atoms with Gasteiger partial charge >= 0.3 is 5.97 Å². The number of carboxylic acid groups (broad SMARTS) is 1. The number of carboxylic acids is 1. The molecule has 5 nitrogen and oxygen atoms in total. The Bertz CT molecular complexity index is 1340. The van der Waals surface area contributed by atoms with Gasteiger partial charge < -0.3 is 15.3 Å². The van der Waals surface area contributed by atoms with E-state index in [0.717, 1.165) is 44.1 Å². The van der Waals surface area contributed by atoms with Crippen molar-refractivity contribution in [2.75, 3.05) is 12.4 Å². The minimum Gasteiger partial charge on any atom is -0.479 e. The number of aliphatic carboxylic acids is 1. The zero-order chi connectivity index (χ0) is 26.4. The molecule has 0 aliphatic heterocycles. The van der Waals surface area contributed by atoms with Crippen LogP contribution in [-0.4, -0.2) is 34.5 Å². The smallest absolute Gasteiger partial charge is 0.329 e. The second kappa shape index (κ2) is 9.29. The van der Waals surface area contributed by atoms with Crippen molar-refractivity contribution in [3.05, 3.63) is 87.4 Å². The van der Waals surface area contributed by atoms with E-state index >= 15 is 0 Å². The van der Waals surface area contributed by atoms with Crippen LogP contribution in [0.3, 0.4) is 0 Å². The average molecular weight is 505 g/mol. The van der Waals surface area contributed by atoms with Crippen molar-refractivity contribution in [3.63, 3.8) is 0 Å². The topological polar surface area (TPSA) is 69.6 Å². The van der Waals surface area contributed by atoms with Gasteiger partial charge in [-0.25, -0.2) is 4.79 Å². The quantitative estimate of drug-likeness (QED) is 0.364. The fourth-order valence-electron chi connectivity index (χ4n) is 4.88. The predicted molar refractivity (Wildman–Crippen MR) is 146 cm³/mol. The van der Waals surface area contributed by atoms with Crippen molar-refractivity contribution >= 4 is 29.2 Å². The molecule has 0 heterocycles. The van der Waals surface area contributed by atoms with Crippen LogP contribution in [0, 0.1) is 20.8 Å². The largest absolute Gasteiger partial charge is 0.479 e. The number of anilines is 1. The lowest BCUT2D eigenvalue weighted by atomic mass is 9.92. The Morgan fingerprint density at radius 2 is 1.58 bits per heavy atom. The summed E-state index contributed by atoms with van der Waals surface area (Å²) in [5, 5.41) is 14.0. The fraction of sp³-hybridized carbons (Fsp3) is 0.333. The Kier molecular flexibility index (Phi) is 6.65. The van der Waals surface area contributed by atoms with Crippen LogP contribution in [0.25, 0.3) is 11.1 Å². The summed E-state index contributed by atoms with van der Waals surface area (Å²) >= 11 is 6.22. The van der Waals surface area contributed by atoms with E-state index in [1.807, 2.05) is 57.2 Å². The van der Waals surface area contributed by atoms with Crippen LogP contribution < -0.4 is 5.32 Å². The normalized spacial score (nSPS) is 14.3. The van der Waals surface area contributed by atoms with E-state index < -0.39 is 11.5 Å². The maximum atomic E-state index is 13.3. The van der Waals surface area contributed by atoms with E-state index in [-0.39, 0.29) is 11.4 Å². The SMILES string of the molecule is Cc1cc(C(C)(C)Nc2cccc(-c3cc(C)c(C(=O)N(C)C4(C(=O)O)CC4)c(C)c3)c2)ccc1Cl. The molecule has 0 radical (unpaired) electrons. The summed E-state index contributed by atoms with van der Waals surface area (Å²) in [7, 11) is 1.59. The first-order chi connectivity index (χ1) is 16.9.